The molecule has 0 unspecified atom stereocenters. The molecule has 11 heteroatoms. The Morgan fingerprint density at radius 3 is 2.43 bits per heavy atom. The number of nitrogens with zero attached hydrogens (tertiary/aromatic N) is 4. The van der Waals surface area contributed by atoms with Crippen molar-refractivity contribution in [1.29, 1.82) is 0 Å². The number of benzene rings is 2. The Bertz CT molecular complexity index is 1420. The van der Waals surface area contributed by atoms with Gasteiger partial charge in [-0.15, -0.1) is 0 Å². The highest BCUT2D eigenvalue weighted by Gasteiger charge is 2.59. The van der Waals surface area contributed by atoms with Gasteiger partial charge in [-0.05, 0) is 30.2 Å². The lowest BCUT2D eigenvalue weighted by Gasteiger charge is -2.30. The number of fused-ring (bicyclic) bond motifs is 1. The van der Waals surface area contributed by atoms with Crippen molar-refractivity contribution in [2.24, 2.45) is 0 Å². The molecule has 3 heterocycles. The van der Waals surface area contributed by atoms with Crippen molar-refractivity contribution in [2.45, 2.75) is 31.0 Å². The Balaban J connectivity index is 1.36. The van der Waals surface area contributed by atoms with E-state index in [4.69, 9.17) is 9.57 Å². The van der Waals surface area contributed by atoms with Crippen LogP contribution < -0.4 is 10.3 Å². The van der Waals surface area contributed by atoms with Crippen LogP contribution in [0.5, 0.6) is 5.75 Å². The highest BCUT2D eigenvalue weighted by molar-refractivity contribution is 5.88. The monoisotopic (exact) mass is 503 g/mol. The molecular weight excluding hydrogens is 478 g/mol. The summed E-state index contributed by atoms with van der Waals surface area (Å²) in [5, 5.41) is 30.5. The Hall–Kier alpha value is -4.16. The zero-order valence-corrected chi connectivity index (χ0v) is 19.8. The molecule has 0 spiro atoms. The van der Waals surface area contributed by atoms with Crippen molar-refractivity contribution in [3.8, 4) is 5.75 Å². The van der Waals surface area contributed by atoms with Crippen LogP contribution in [0.1, 0.15) is 18.1 Å². The first-order valence-electron chi connectivity index (χ1n) is 11.5. The number of aromatic nitrogens is 4. The number of ether oxygens (including phenoxy) is 1. The minimum Gasteiger partial charge on any atom is -0.394 e. The molecule has 37 heavy (non-hydrogen) atoms. The van der Waals surface area contributed by atoms with Gasteiger partial charge in [0.25, 0.3) is 0 Å². The predicted molar refractivity (Wildman–Crippen MR) is 134 cm³/mol. The highest BCUT2D eigenvalue weighted by Crippen LogP contribution is 2.38. The maximum absolute atomic E-state index is 12.7. The van der Waals surface area contributed by atoms with Gasteiger partial charge in [0.05, 0.1) is 6.61 Å². The molecule has 4 atom stereocenters. The van der Waals surface area contributed by atoms with Crippen molar-refractivity contribution in [1.82, 2.24) is 19.5 Å². The molecule has 2 aromatic heterocycles. The fourth-order valence-electron chi connectivity index (χ4n) is 4.27. The van der Waals surface area contributed by atoms with Crippen LogP contribution in [0.2, 0.25) is 0 Å². The summed E-state index contributed by atoms with van der Waals surface area (Å²) in [6.45, 7) is 0.625. The second-order valence-corrected chi connectivity index (χ2v) is 8.55. The van der Waals surface area contributed by atoms with Gasteiger partial charge >= 0.3 is 0 Å². The van der Waals surface area contributed by atoms with Gasteiger partial charge in [-0.25, -0.2) is 20.4 Å². The average molecular weight is 504 g/mol. The molecule has 190 valence electrons. The van der Waals surface area contributed by atoms with Gasteiger partial charge in [-0.1, -0.05) is 54.6 Å². The molecule has 0 aliphatic carbocycles. The number of aliphatic hydroxyl groups excluding tert-OH is 3. The van der Waals surface area contributed by atoms with E-state index in [2.05, 4.69) is 20.4 Å². The van der Waals surface area contributed by atoms with Crippen molar-refractivity contribution in [3.05, 3.63) is 78.4 Å². The van der Waals surface area contributed by atoms with Gasteiger partial charge in [-0.2, -0.15) is 0 Å². The largest absolute Gasteiger partial charge is 0.394 e. The number of anilines is 1. The van der Waals surface area contributed by atoms with Crippen LogP contribution in [-0.4, -0.2) is 65.5 Å². The van der Waals surface area contributed by atoms with E-state index in [0.29, 0.717) is 5.75 Å². The average Bonchev–Trinajstić information content (AvgIpc) is 3.47. The van der Waals surface area contributed by atoms with Gasteiger partial charge in [0.2, 0.25) is 5.72 Å². The van der Waals surface area contributed by atoms with E-state index < -0.39 is 36.4 Å². The Morgan fingerprint density at radius 1 is 1.08 bits per heavy atom. The van der Waals surface area contributed by atoms with Crippen LogP contribution in [0, 0.1) is 0 Å². The summed E-state index contributed by atoms with van der Waals surface area (Å²) in [7, 11) is 0. The summed E-state index contributed by atoms with van der Waals surface area (Å²) < 4.78 is 6.90. The lowest BCUT2D eigenvalue weighted by molar-refractivity contribution is -0.171. The summed E-state index contributed by atoms with van der Waals surface area (Å²) in [5.41, 5.74) is 3.21. The summed E-state index contributed by atoms with van der Waals surface area (Å²) in [6, 6.07) is 17.4. The minimum absolute atomic E-state index is 0.155. The summed E-state index contributed by atoms with van der Waals surface area (Å²) in [5.74, 6) is 0.133. The molecule has 1 saturated heterocycles. The number of hydrogen-bond donors (Lipinski definition) is 4. The molecular formula is C26H25N5O6. The summed E-state index contributed by atoms with van der Waals surface area (Å²) in [4.78, 5) is 31.0. The lowest BCUT2D eigenvalue weighted by atomic mass is 9.99. The highest BCUT2D eigenvalue weighted by atomic mass is 16.6. The first-order chi connectivity index (χ1) is 17.9. The third-order valence-corrected chi connectivity index (χ3v) is 6.23. The van der Waals surface area contributed by atoms with Gasteiger partial charge in [0.15, 0.2) is 28.5 Å². The van der Waals surface area contributed by atoms with Crippen LogP contribution in [-0.2, 0) is 15.3 Å². The van der Waals surface area contributed by atoms with Crippen molar-refractivity contribution in [3.63, 3.8) is 0 Å². The van der Waals surface area contributed by atoms with E-state index in [9.17, 15) is 20.1 Å². The predicted octanol–water partition coefficient (Wildman–Crippen LogP) is 1.76. The zero-order chi connectivity index (χ0) is 26.0. The van der Waals surface area contributed by atoms with Gasteiger partial charge < -0.3 is 24.9 Å². The van der Waals surface area contributed by atoms with E-state index in [1.165, 1.54) is 24.1 Å². The zero-order valence-electron chi connectivity index (χ0n) is 19.8. The second-order valence-electron chi connectivity index (χ2n) is 8.55. The number of Topliss-reactive ketones (excluding diaryl/α,β-unsaturated/α-hetero) is 1. The number of hydrogen-bond acceptors (Lipinski definition) is 10. The Labute approximate surface area is 211 Å². The van der Waals surface area contributed by atoms with Crippen LogP contribution in [0.15, 0.2) is 67.3 Å². The molecule has 11 nitrogen and oxygen atoms in total. The quantitative estimate of drug-likeness (QED) is 0.207. The molecule has 2 aromatic carbocycles. The molecule has 1 aliphatic rings. The molecule has 4 N–H and O–H groups in total. The Morgan fingerprint density at radius 2 is 1.78 bits per heavy atom. The summed E-state index contributed by atoms with van der Waals surface area (Å²) in [6.07, 6.45) is 2.20. The molecule has 4 aromatic rings. The fraction of sp³-hybridized carbons (Fsp3) is 0.231. The van der Waals surface area contributed by atoms with Crippen LogP contribution in [0.3, 0.4) is 0 Å². The SMILES string of the molecule is CC(=O)[C@@]1(n2cnc3c(NOc4ccc(C=Cc5ccccc5)cc4)ncnc32)O[C@H](CO)[C@@H](O)[C@H]1O. The number of carbonyl (C=O) groups excluding carboxylic acids is 1. The molecule has 1 fully saturated rings. The van der Waals surface area contributed by atoms with Crippen LogP contribution >= 0.6 is 0 Å². The van der Waals surface area contributed by atoms with Crippen LogP contribution in [0.4, 0.5) is 5.82 Å². The van der Waals surface area contributed by atoms with Gasteiger partial charge in [0, 0.05) is 0 Å². The number of nitrogens with one attached hydrogen (secondary N) is 1. The van der Waals surface area contributed by atoms with E-state index in [1.807, 2.05) is 54.6 Å². The number of carbonyl (C=O) groups is 1. The Kier molecular flexibility index (Phi) is 6.68. The third kappa shape index (κ3) is 4.45. The second kappa shape index (κ2) is 10.1. The normalized spacial score (nSPS) is 23.5. The molecule has 0 amide bonds. The van der Waals surface area contributed by atoms with Crippen molar-refractivity contribution < 1.29 is 29.7 Å². The number of rotatable bonds is 8. The molecule has 0 saturated carbocycles. The number of imidazole rings is 1. The first-order valence-corrected chi connectivity index (χ1v) is 11.5. The third-order valence-electron chi connectivity index (χ3n) is 6.23. The smallest absolute Gasteiger partial charge is 0.236 e. The van der Waals surface area contributed by atoms with Crippen molar-refractivity contribution in [2.75, 3.05) is 12.1 Å². The lowest BCUT2D eigenvalue weighted by Crippen LogP contribution is -2.50. The molecule has 0 radical (unpaired) electrons. The van der Waals surface area contributed by atoms with Crippen molar-refractivity contribution >= 4 is 34.9 Å². The van der Waals surface area contributed by atoms with Gasteiger partial charge in [-0.3, -0.25) is 9.36 Å². The van der Waals surface area contributed by atoms with E-state index in [-0.39, 0.29) is 17.0 Å². The minimum atomic E-state index is -2.02. The fourth-order valence-corrected chi connectivity index (χ4v) is 4.27. The van der Waals surface area contributed by atoms with E-state index in [0.717, 1.165) is 11.1 Å². The first kappa shape index (κ1) is 24.5. The molecule has 1 aliphatic heterocycles. The molecule has 0 bridgehead atoms. The maximum atomic E-state index is 12.7. The van der Waals surface area contributed by atoms with E-state index in [1.54, 1.807) is 12.1 Å². The summed E-state index contributed by atoms with van der Waals surface area (Å²) >= 11 is 0. The number of ketones is 1. The number of aliphatic hydroxyl groups is 3. The van der Waals surface area contributed by atoms with E-state index >= 15 is 0 Å². The topological polar surface area (TPSA) is 152 Å². The van der Waals surface area contributed by atoms with Crippen LogP contribution in [0.25, 0.3) is 23.3 Å². The maximum Gasteiger partial charge on any atom is 0.236 e. The van der Waals surface area contributed by atoms with Gasteiger partial charge in [0.1, 0.15) is 31.0 Å². The standard InChI is InChI=1S/C26H25N5O6/c1-16(33)26(23(35)22(34)20(13-32)36-26)31-15-29-21-24(27-14-28-25(21)31)30-37-19-11-9-18(10-12-19)8-7-17-5-3-2-4-6-17/h2-12,14-15,20,22-23,32,34-35H,13H2,1H3,(H,27,28,30)/t20-,22-,23-,26-/m1/s1. The molecule has 5 rings (SSSR count).